The maximum absolute atomic E-state index is 13.8. The highest BCUT2D eigenvalue weighted by atomic mass is 32.2. The minimum absolute atomic E-state index is 0.0342. The van der Waals surface area contributed by atoms with E-state index in [1.165, 1.54) is 24.3 Å². The van der Waals surface area contributed by atoms with Crippen molar-refractivity contribution in [1.29, 1.82) is 0 Å². The number of nitrogens with one attached hydrogen (secondary N) is 6. The van der Waals surface area contributed by atoms with E-state index in [9.17, 15) is 25.6 Å². The average molecular weight is 534 g/mol. The third-order valence-corrected chi connectivity index (χ3v) is 8.32. The number of ether oxygens (including phenoxy) is 2. The molecule has 3 aliphatic rings. The summed E-state index contributed by atoms with van der Waals surface area (Å²) in [6.07, 6.45) is -4.48. The summed E-state index contributed by atoms with van der Waals surface area (Å²) in [6, 6.07) is 5.97. The van der Waals surface area contributed by atoms with Gasteiger partial charge in [-0.05, 0) is 30.7 Å². The Balaban J connectivity index is 1.75. The molecule has 190 valence electrons. The molecule has 2 fully saturated rings. The van der Waals surface area contributed by atoms with Gasteiger partial charge in [0, 0.05) is 23.7 Å². The van der Waals surface area contributed by atoms with E-state index in [2.05, 4.69) is 41.4 Å². The Hall–Kier alpha value is -2.48. The lowest BCUT2D eigenvalue weighted by atomic mass is 9.96. The van der Waals surface area contributed by atoms with E-state index in [0.717, 1.165) is 6.07 Å². The zero-order valence-electron chi connectivity index (χ0n) is 17.8. The Kier molecular flexibility index (Phi) is 5.93. The molecule has 13 nitrogen and oxygen atoms in total. The fourth-order valence-electron chi connectivity index (χ4n) is 4.22. The minimum atomic E-state index is -4.68. The summed E-state index contributed by atoms with van der Waals surface area (Å²) in [6.45, 7) is 0.967. The summed E-state index contributed by atoms with van der Waals surface area (Å²) in [5, 5.41) is 8.54. The number of benzene rings is 2. The molecule has 0 saturated carbocycles. The van der Waals surface area contributed by atoms with Gasteiger partial charge in [0.1, 0.15) is 16.0 Å². The fraction of sp³-hybridized carbons (Fsp3) is 0.333. The minimum Gasteiger partial charge on any atom is -0.395 e. The second kappa shape index (κ2) is 8.57. The molecule has 0 spiro atoms. The van der Waals surface area contributed by atoms with Crippen LogP contribution in [0.2, 0.25) is 0 Å². The maximum Gasteiger partial charge on any atom is 0.586 e. The smallest absolute Gasteiger partial charge is 0.395 e. The van der Waals surface area contributed by atoms with Crippen LogP contribution in [0.3, 0.4) is 0 Å². The van der Waals surface area contributed by atoms with Gasteiger partial charge in [-0.15, -0.1) is 8.78 Å². The number of sulfonamides is 2. The van der Waals surface area contributed by atoms with Gasteiger partial charge in [0.05, 0.1) is 0 Å². The van der Waals surface area contributed by atoms with Crippen LogP contribution in [0, 0.1) is 0 Å². The monoisotopic (exact) mass is 533 g/mol. The Morgan fingerprint density at radius 3 is 2.43 bits per heavy atom. The summed E-state index contributed by atoms with van der Waals surface area (Å²) < 4.78 is 91.5. The summed E-state index contributed by atoms with van der Waals surface area (Å²) in [4.78, 5) is -1.30. The molecule has 35 heavy (non-hydrogen) atoms. The van der Waals surface area contributed by atoms with Crippen LogP contribution in [-0.4, -0.2) is 42.3 Å². The second-order valence-corrected chi connectivity index (χ2v) is 11.2. The molecule has 3 heterocycles. The number of rotatable bonds is 6. The van der Waals surface area contributed by atoms with E-state index in [1.807, 2.05) is 0 Å². The number of primary sulfonamides is 1. The topological polar surface area (TPSA) is 185 Å². The van der Waals surface area contributed by atoms with Crippen molar-refractivity contribution in [1.82, 2.24) is 32.0 Å². The Morgan fingerprint density at radius 2 is 1.77 bits per heavy atom. The molecule has 0 unspecified atom stereocenters. The Morgan fingerprint density at radius 1 is 1.03 bits per heavy atom. The lowest BCUT2D eigenvalue weighted by Gasteiger charge is -2.22. The van der Waals surface area contributed by atoms with Gasteiger partial charge < -0.3 is 14.8 Å². The summed E-state index contributed by atoms with van der Waals surface area (Å²) in [5.41, 5.74) is 10.4. The van der Waals surface area contributed by atoms with Crippen LogP contribution in [0.1, 0.15) is 18.2 Å². The standard InChI is InChI=1S/C18H21F2N7O6S2/c19-18(20)32-12-3-1-2-11(15(12)33-18)10-4-5-13(35(30,31)25-9-6-7-22-8-9)16(34(21,28)29)14(10)17-23-26-27-24-17/h1-5,9,17,22-27H,6-8H2,(H2,21,28,29)/t9-/m1/s1. The number of hydrogen-bond donors (Lipinski definition) is 7. The largest absolute Gasteiger partial charge is 0.586 e. The van der Waals surface area contributed by atoms with E-state index >= 15 is 0 Å². The number of fused-ring (bicyclic) bond motifs is 1. The molecule has 8 N–H and O–H groups in total. The van der Waals surface area contributed by atoms with E-state index in [1.54, 1.807) is 0 Å². The van der Waals surface area contributed by atoms with Gasteiger partial charge in [-0.25, -0.2) is 37.5 Å². The Bertz CT molecular complexity index is 1380. The van der Waals surface area contributed by atoms with Crippen molar-refractivity contribution in [3.05, 3.63) is 35.9 Å². The van der Waals surface area contributed by atoms with E-state index < -0.39 is 48.3 Å². The first kappa shape index (κ1) is 24.2. The third kappa shape index (κ3) is 4.57. The fourth-order valence-corrected chi connectivity index (χ4v) is 7.15. The van der Waals surface area contributed by atoms with Crippen LogP contribution in [0.5, 0.6) is 11.5 Å². The summed E-state index contributed by atoms with van der Waals surface area (Å²) >= 11 is 0. The SMILES string of the molecule is NS(=O)(=O)c1c(S(=O)(=O)N[C@@H]2CCNC2)ccc(-c2cccc3c2OC(F)(F)O3)c1C1NNNN1. The molecule has 2 aromatic rings. The van der Waals surface area contributed by atoms with Crippen LogP contribution >= 0.6 is 0 Å². The van der Waals surface area contributed by atoms with Gasteiger partial charge in [0.25, 0.3) is 0 Å². The molecular weight excluding hydrogens is 512 g/mol. The van der Waals surface area contributed by atoms with E-state index in [-0.39, 0.29) is 28.2 Å². The van der Waals surface area contributed by atoms with Gasteiger partial charge in [0.15, 0.2) is 11.5 Å². The van der Waals surface area contributed by atoms with Crippen molar-refractivity contribution >= 4 is 20.0 Å². The molecule has 0 amide bonds. The molecule has 17 heteroatoms. The lowest BCUT2D eigenvalue weighted by Crippen LogP contribution is -2.38. The normalized spacial score (nSPS) is 22.1. The van der Waals surface area contributed by atoms with Gasteiger partial charge >= 0.3 is 6.29 Å². The van der Waals surface area contributed by atoms with Crippen molar-refractivity contribution < 1.29 is 35.1 Å². The van der Waals surface area contributed by atoms with Gasteiger partial charge in [-0.1, -0.05) is 18.2 Å². The number of alkyl halides is 2. The lowest BCUT2D eigenvalue weighted by molar-refractivity contribution is -0.286. The van der Waals surface area contributed by atoms with Gasteiger partial charge in [0.2, 0.25) is 20.0 Å². The number of nitrogens with two attached hydrogens (primary N) is 1. The van der Waals surface area contributed by atoms with Crippen LogP contribution in [0.15, 0.2) is 40.1 Å². The molecule has 0 aromatic heterocycles. The number of hydrogen-bond acceptors (Lipinski definition) is 11. The molecule has 0 bridgehead atoms. The third-order valence-electron chi connectivity index (χ3n) is 5.62. The van der Waals surface area contributed by atoms with Crippen LogP contribution in [0.25, 0.3) is 11.1 Å². The zero-order valence-corrected chi connectivity index (χ0v) is 19.4. The van der Waals surface area contributed by atoms with Crippen molar-refractivity contribution in [3.63, 3.8) is 0 Å². The molecule has 2 aromatic carbocycles. The highest BCUT2D eigenvalue weighted by molar-refractivity contribution is 7.92. The quantitative estimate of drug-likeness (QED) is 0.244. The van der Waals surface area contributed by atoms with Gasteiger partial charge in [-0.2, -0.15) is 11.1 Å². The molecule has 0 aliphatic carbocycles. The van der Waals surface area contributed by atoms with E-state index in [4.69, 9.17) is 5.14 Å². The first-order valence-electron chi connectivity index (χ1n) is 10.3. The molecule has 0 radical (unpaired) electrons. The highest BCUT2D eigenvalue weighted by Gasteiger charge is 2.45. The van der Waals surface area contributed by atoms with Crippen molar-refractivity contribution in [2.45, 2.75) is 34.7 Å². The summed E-state index contributed by atoms with van der Waals surface area (Å²) in [7, 11) is -9.04. The number of para-hydroxylation sites is 1. The zero-order chi connectivity index (χ0) is 25.0. The molecule has 2 saturated heterocycles. The Labute approximate surface area is 198 Å². The van der Waals surface area contributed by atoms with Crippen LogP contribution < -0.4 is 46.6 Å². The molecular formula is C18H21F2N7O6S2. The van der Waals surface area contributed by atoms with Gasteiger partial charge in [-0.3, -0.25) is 0 Å². The van der Waals surface area contributed by atoms with Crippen molar-refractivity contribution in [3.8, 4) is 22.6 Å². The van der Waals surface area contributed by atoms with Crippen LogP contribution in [0.4, 0.5) is 8.78 Å². The summed E-state index contributed by atoms with van der Waals surface area (Å²) in [5.74, 6) is -0.616. The van der Waals surface area contributed by atoms with Crippen LogP contribution in [-0.2, 0) is 20.0 Å². The average Bonchev–Trinajstić information content (AvgIpc) is 3.51. The van der Waals surface area contributed by atoms with Crippen molar-refractivity contribution in [2.75, 3.05) is 13.1 Å². The number of halogens is 2. The molecule has 3 aliphatic heterocycles. The first-order chi connectivity index (χ1) is 16.5. The first-order valence-corrected chi connectivity index (χ1v) is 13.3. The van der Waals surface area contributed by atoms with Crippen molar-refractivity contribution in [2.24, 2.45) is 5.14 Å². The second-order valence-electron chi connectivity index (χ2n) is 7.98. The maximum atomic E-state index is 13.8. The number of hydrazine groups is 3. The van der Waals surface area contributed by atoms with E-state index in [0.29, 0.717) is 19.5 Å². The predicted molar refractivity (Wildman–Crippen MR) is 116 cm³/mol. The molecule has 1 atom stereocenters. The highest BCUT2D eigenvalue weighted by Crippen LogP contribution is 2.49. The predicted octanol–water partition coefficient (Wildman–Crippen LogP) is -0.922. The molecule has 5 rings (SSSR count).